The summed E-state index contributed by atoms with van der Waals surface area (Å²) in [4.78, 5) is 11.5. The quantitative estimate of drug-likeness (QED) is 0.660. The van der Waals surface area contributed by atoms with Crippen LogP contribution in [0.1, 0.15) is 18.4 Å². The molecule has 72 valence electrons. The molecule has 0 amide bonds. The predicted octanol–water partition coefficient (Wildman–Crippen LogP) is 0.926. The molecule has 0 fully saturated rings. The molecule has 0 spiro atoms. The number of nitrogens with one attached hydrogen (secondary N) is 1. The highest BCUT2D eigenvalue weighted by molar-refractivity contribution is 5.52. The van der Waals surface area contributed by atoms with Gasteiger partial charge in [0.25, 0.3) is 5.56 Å². The number of hydrogen-bond donors (Lipinski definition) is 1. The fourth-order valence-electron chi connectivity index (χ4n) is 1.68. The first-order chi connectivity index (χ1) is 6.83. The Morgan fingerprint density at radius 1 is 1.43 bits per heavy atom. The number of rotatable bonds is 0. The molecule has 14 heavy (non-hydrogen) atoms. The average Bonchev–Trinajstić information content (AvgIpc) is 2.44. The van der Waals surface area contributed by atoms with E-state index in [1.165, 1.54) is 6.07 Å². The van der Waals surface area contributed by atoms with Crippen molar-refractivity contribution in [2.75, 3.05) is 11.9 Å². The van der Waals surface area contributed by atoms with Crippen LogP contribution in [0.2, 0.25) is 0 Å². The molecule has 1 aliphatic rings. The second kappa shape index (κ2) is 3.54. The Balaban J connectivity index is 2.62. The molecule has 1 N–H and O–H groups in total. The fraction of sp³-hybridized carbons (Fsp3) is 0.400. The zero-order valence-electron chi connectivity index (χ0n) is 7.79. The van der Waals surface area contributed by atoms with Crippen LogP contribution in [-0.4, -0.2) is 11.1 Å². The summed E-state index contributed by atoms with van der Waals surface area (Å²) in [6.07, 6.45) is 2.01. The van der Waals surface area contributed by atoms with Crippen LogP contribution in [0.15, 0.2) is 16.9 Å². The van der Waals surface area contributed by atoms with E-state index >= 15 is 0 Å². The minimum atomic E-state index is -0.0339. The molecular formula is C10H11N3O. The van der Waals surface area contributed by atoms with Gasteiger partial charge in [-0.1, -0.05) is 0 Å². The van der Waals surface area contributed by atoms with E-state index in [0.29, 0.717) is 17.9 Å². The van der Waals surface area contributed by atoms with Crippen LogP contribution in [0, 0.1) is 11.3 Å². The van der Waals surface area contributed by atoms with Crippen molar-refractivity contribution in [1.82, 2.24) is 4.57 Å². The van der Waals surface area contributed by atoms with Crippen molar-refractivity contribution >= 4 is 5.82 Å². The Kier molecular flexibility index (Phi) is 2.23. The number of hydrogen-bond acceptors (Lipinski definition) is 3. The molecule has 2 heterocycles. The Labute approximate surface area is 81.8 Å². The predicted molar refractivity (Wildman–Crippen MR) is 53.1 cm³/mol. The molecule has 1 aliphatic heterocycles. The largest absolute Gasteiger partial charge is 0.370 e. The lowest BCUT2D eigenvalue weighted by atomic mass is 10.2. The van der Waals surface area contributed by atoms with Crippen LogP contribution in [0.3, 0.4) is 0 Å². The van der Waals surface area contributed by atoms with Gasteiger partial charge in [0.2, 0.25) is 0 Å². The van der Waals surface area contributed by atoms with E-state index in [9.17, 15) is 4.79 Å². The van der Waals surface area contributed by atoms with E-state index < -0.39 is 0 Å². The zero-order chi connectivity index (χ0) is 9.97. The van der Waals surface area contributed by atoms with Crippen LogP contribution in [0.25, 0.3) is 0 Å². The highest BCUT2D eigenvalue weighted by Crippen LogP contribution is 2.15. The van der Waals surface area contributed by atoms with E-state index in [-0.39, 0.29) is 5.56 Å². The maximum Gasteiger partial charge on any atom is 0.252 e. The van der Waals surface area contributed by atoms with Crippen molar-refractivity contribution in [3.05, 3.63) is 28.0 Å². The highest BCUT2D eigenvalue weighted by Gasteiger charge is 2.11. The molecule has 2 rings (SSSR count). The third kappa shape index (κ3) is 1.37. The Hall–Kier alpha value is -1.76. The molecule has 0 atom stereocenters. The van der Waals surface area contributed by atoms with Crippen molar-refractivity contribution in [3.8, 4) is 6.07 Å². The topological polar surface area (TPSA) is 57.8 Å². The minimum Gasteiger partial charge on any atom is -0.370 e. The maximum atomic E-state index is 11.5. The molecule has 0 bridgehead atoms. The molecule has 4 heteroatoms. The monoisotopic (exact) mass is 189 g/mol. The molecule has 0 saturated heterocycles. The molecular weight excluding hydrogens is 178 g/mol. The normalized spacial score (nSPS) is 14.8. The summed E-state index contributed by atoms with van der Waals surface area (Å²) < 4.78 is 1.64. The van der Waals surface area contributed by atoms with Gasteiger partial charge in [0.1, 0.15) is 11.9 Å². The smallest absolute Gasteiger partial charge is 0.252 e. The van der Waals surface area contributed by atoms with E-state index in [4.69, 9.17) is 5.26 Å². The van der Waals surface area contributed by atoms with Crippen molar-refractivity contribution in [2.24, 2.45) is 0 Å². The second-order valence-corrected chi connectivity index (χ2v) is 3.33. The summed E-state index contributed by atoms with van der Waals surface area (Å²) in [6, 6.07) is 5.12. The molecule has 0 aromatic carbocycles. The van der Waals surface area contributed by atoms with Gasteiger partial charge in [-0.25, -0.2) is 0 Å². The second-order valence-electron chi connectivity index (χ2n) is 3.33. The molecule has 1 aromatic heterocycles. The van der Waals surface area contributed by atoms with Crippen LogP contribution in [-0.2, 0) is 6.54 Å². The number of anilines is 1. The van der Waals surface area contributed by atoms with Gasteiger partial charge in [0, 0.05) is 19.2 Å². The summed E-state index contributed by atoms with van der Waals surface area (Å²) in [5.41, 5.74) is 0.514. The van der Waals surface area contributed by atoms with Gasteiger partial charge < -0.3 is 5.32 Å². The Morgan fingerprint density at radius 2 is 2.29 bits per heavy atom. The number of aromatic nitrogens is 1. The first-order valence-electron chi connectivity index (χ1n) is 4.71. The summed E-state index contributed by atoms with van der Waals surface area (Å²) in [7, 11) is 0. The van der Waals surface area contributed by atoms with E-state index in [0.717, 1.165) is 19.4 Å². The average molecular weight is 189 g/mol. The van der Waals surface area contributed by atoms with Crippen LogP contribution >= 0.6 is 0 Å². The molecule has 0 aliphatic carbocycles. The van der Waals surface area contributed by atoms with E-state index in [1.807, 2.05) is 0 Å². The van der Waals surface area contributed by atoms with Gasteiger partial charge in [-0.2, -0.15) is 5.26 Å². The first-order valence-corrected chi connectivity index (χ1v) is 4.71. The number of nitrogens with zero attached hydrogens (tertiary/aromatic N) is 2. The lowest BCUT2D eigenvalue weighted by Gasteiger charge is -2.10. The van der Waals surface area contributed by atoms with Crippen LogP contribution in [0.4, 0.5) is 5.82 Å². The van der Waals surface area contributed by atoms with Gasteiger partial charge in [-0.3, -0.25) is 9.36 Å². The Morgan fingerprint density at radius 3 is 3.07 bits per heavy atom. The molecule has 1 aromatic rings. The summed E-state index contributed by atoms with van der Waals surface area (Å²) in [6.45, 7) is 1.54. The summed E-state index contributed by atoms with van der Waals surface area (Å²) in [5, 5.41) is 12.0. The molecule has 0 unspecified atom stereocenters. The summed E-state index contributed by atoms with van der Waals surface area (Å²) in [5.74, 6) is 0.678. The molecule has 0 radical (unpaired) electrons. The maximum absolute atomic E-state index is 11.5. The van der Waals surface area contributed by atoms with Crippen molar-refractivity contribution in [3.63, 3.8) is 0 Å². The van der Waals surface area contributed by atoms with E-state index in [2.05, 4.69) is 11.4 Å². The van der Waals surface area contributed by atoms with Gasteiger partial charge >= 0.3 is 0 Å². The number of fused-ring (bicyclic) bond motifs is 1. The van der Waals surface area contributed by atoms with Crippen molar-refractivity contribution in [2.45, 2.75) is 19.4 Å². The van der Waals surface area contributed by atoms with Crippen LogP contribution < -0.4 is 10.9 Å². The lowest BCUT2D eigenvalue weighted by Crippen LogP contribution is -2.21. The SMILES string of the molecule is N#Cc1ccc(=O)n2c1NCCCC2. The summed E-state index contributed by atoms with van der Waals surface area (Å²) >= 11 is 0. The fourth-order valence-corrected chi connectivity index (χ4v) is 1.68. The third-order valence-electron chi connectivity index (χ3n) is 2.41. The zero-order valence-corrected chi connectivity index (χ0v) is 7.79. The molecule has 4 nitrogen and oxygen atoms in total. The van der Waals surface area contributed by atoms with Crippen molar-refractivity contribution in [1.29, 1.82) is 5.26 Å². The van der Waals surface area contributed by atoms with Crippen molar-refractivity contribution < 1.29 is 0 Å². The minimum absolute atomic E-state index is 0.0339. The van der Waals surface area contributed by atoms with Crippen LogP contribution in [0.5, 0.6) is 0 Å². The Bertz CT molecular complexity index is 442. The first kappa shape index (κ1) is 8.82. The molecule has 0 saturated carbocycles. The van der Waals surface area contributed by atoms with Gasteiger partial charge in [-0.05, 0) is 18.9 Å². The highest BCUT2D eigenvalue weighted by atomic mass is 16.1. The van der Waals surface area contributed by atoms with Gasteiger partial charge in [-0.15, -0.1) is 0 Å². The number of pyridine rings is 1. The number of nitriles is 1. The van der Waals surface area contributed by atoms with Gasteiger partial charge in [0.15, 0.2) is 0 Å². The third-order valence-corrected chi connectivity index (χ3v) is 2.41. The van der Waals surface area contributed by atoms with E-state index in [1.54, 1.807) is 10.6 Å². The standard InChI is InChI=1S/C10H11N3O/c11-7-8-3-4-9(14)13-6-2-1-5-12-10(8)13/h3-4,12H,1-2,5-6H2. The van der Waals surface area contributed by atoms with Gasteiger partial charge in [0.05, 0.1) is 5.56 Å². The lowest BCUT2D eigenvalue weighted by molar-refractivity contribution is 0.637.